The third kappa shape index (κ3) is 1.70. The lowest BCUT2D eigenvalue weighted by atomic mass is 9.98. The van der Waals surface area contributed by atoms with Crippen molar-refractivity contribution in [2.75, 3.05) is 0 Å². The van der Waals surface area contributed by atoms with E-state index in [1.807, 2.05) is 0 Å². The average Bonchev–Trinajstić information content (AvgIpc) is 1.94. The average molecular weight is 143 g/mol. The second-order valence-electron chi connectivity index (χ2n) is 3.13. The monoisotopic (exact) mass is 143 g/mol. The minimum absolute atomic E-state index is 0.279. The van der Waals surface area contributed by atoms with E-state index in [2.05, 4.69) is 13.8 Å². The number of hydrogen-bond acceptors (Lipinski definition) is 2. The third-order valence-electron chi connectivity index (χ3n) is 2.19. The first-order valence-electron chi connectivity index (χ1n) is 4.15. The lowest BCUT2D eigenvalue weighted by Gasteiger charge is -2.32. The van der Waals surface area contributed by atoms with Gasteiger partial charge >= 0.3 is 0 Å². The fourth-order valence-electron chi connectivity index (χ4n) is 1.48. The summed E-state index contributed by atoms with van der Waals surface area (Å²) in [5.74, 6) is 0. The van der Waals surface area contributed by atoms with Crippen LogP contribution in [0.2, 0.25) is 0 Å². The molecule has 0 aliphatic carbocycles. The van der Waals surface area contributed by atoms with Gasteiger partial charge in [-0.1, -0.05) is 6.92 Å². The molecule has 0 bridgehead atoms. The van der Waals surface area contributed by atoms with E-state index >= 15 is 0 Å². The third-order valence-corrected chi connectivity index (χ3v) is 2.19. The van der Waals surface area contributed by atoms with E-state index in [0.717, 1.165) is 19.3 Å². The summed E-state index contributed by atoms with van der Waals surface area (Å²) in [4.78, 5) is 0. The van der Waals surface area contributed by atoms with E-state index in [1.165, 1.54) is 0 Å². The highest BCUT2D eigenvalue weighted by atomic mass is 16.5. The van der Waals surface area contributed by atoms with Crippen molar-refractivity contribution in [3.05, 3.63) is 0 Å². The van der Waals surface area contributed by atoms with Crippen LogP contribution in [0.4, 0.5) is 0 Å². The van der Waals surface area contributed by atoms with E-state index in [0.29, 0.717) is 12.2 Å². The standard InChI is InChI=1S/C8H17NO/c1-3-8-7(9)5-4-6(2)10-8/h6-8H,3-5,9H2,1-2H3. The molecule has 2 heteroatoms. The Hall–Kier alpha value is -0.0800. The van der Waals surface area contributed by atoms with Crippen molar-refractivity contribution in [2.45, 2.75) is 51.4 Å². The van der Waals surface area contributed by atoms with Gasteiger partial charge in [0, 0.05) is 6.04 Å². The highest BCUT2D eigenvalue weighted by molar-refractivity contribution is 4.78. The zero-order chi connectivity index (χ0) is 7.56. The Balaban J connectivity index is 2.38. The van der Waals surface area contributed by atoms with Crippen molar-refractivity contribution < 1.29 is 4.74 Å². The summed E-state index contributed by atoms with van der Waals surface area (Å²) < 4.78 is 5.62. The van der Waals surface area contributed by atoms with E-state index in [1.54, 1.807) is 0 Å². The summed E-state index contributed by atoms with van der Waals surface area (Å²) in [6.07, 6.45) is 4.02. The molecule has 60 valence electrons. The Bertz CT molecular complexity index is 105. The molecule has 1 saturated heterocycles. The molecule has 1 heterocycles. The lowest BCUT2D eigenvalue weighted by molar-refractivity contribution is -0.0524. The molecule has 0 spiro atoms. The molecule has 0 radical (unpaired) electrons. The highest BCUT2D eigenvalue weighted by Gasteiger charge is 2.24. The van der Waals surface area contributed by atoms with Gasteiger partial charge in [0.2, 0.25) is 0 Å². The van der Waals surface area contributed by atoms with Gasteiger partial charge in [-0.25, -0.2) is 0 Å². The molecule has 3 unspecified atom stereocenters. The van der Waals surface area contributed by atoms with Crippen LogP contribution < -0.4 is 5.73 Å². The molecule has 0 aromatic heterocycles. The molecule has 10 heavy (non-hydrogen) atoms. The number of ether oxygens (including phenoxy) is 1. The smallest absolute Gasteiger partial charge is 0.0726 e. The summed E-state index contributed by atoms with van der Waals surface area (Å²) in [7, 11) is 0. The van der Waals surface area contributed by atoms with Gasteiger partial charge in [-0.05, 0) is 26.2 Å². The highest BCUT2D eigenvalue weighted by Crippen LogP contribution is 2.19. The Morgan fingerprint density at radius 3 is 2.70 bits per heavy atom. The Labute approximate surface area is 62.7 Å². The second-order valence-corrected chi connectivity index (χ2v) is 3.13. The normalized spacial score (nSPS) is 41.7. The fraction of sp³-hybridized carbons (Fsp3) is 1.00. The van der Waals surface area contributed by atoms with Gasteiger partial charge in [0.05, 0.1) is 12.2 Å². The van der Waals surface area contributed by atoms with Gasteiger partial charge in [0.1, 0.15) is 0 Å². The predicted octanol–water partition coefficient (Wildman–Crippen LogP) is 1.29. The van der Waals surface area contributed by atoms with Crippen LogP contribution in [0.1, 0.15) is 33.1 Å². The van der Waals surface area contributed by atoms with Crippen molar-refractivity contribution in [1.82, 2.24) is 0 Å². The SMILES string of the molecule is CCC1OC(C)CCC1N. The lowest BCUT2D eigenvalue weighted by Crippen LogP contribution is -2.42. The topological polar surface area (TPSA) is 35.2 Å². The maximum Gasteiger partial charge on any atom is 0.0726 e. The van der Waals surface area contributed by atoms with E-state index < -0.39 is 0 Å². The molecule has 1 aliphatic heterocycles. The second kappa shape index (κ2) is 3.35. The summed E-state index contributed by atoms with van der Waals surface area (Å²) in [5.41, 5.74) is 5.83. The van der Waals surface area contributed by atoms with Crippen molar-refractivity contribution in [3.8, 4) is 0 Å². The fourth-order valence-corrected chi connectivity index (χ4v) is 1.48. The minimum atomic E-state index is 0.279. The minimum Gasteiger partial charge on any atom is -0.374 e. The first-order valence-corrected chi connectivity index (χ1v) is 4.15. The largest absolute Gasteiger partial charge is 0.374 e. The first-order chi connectivity index (χ1) is 4.74. The van der Waals surface area contributed by atoms with Gasteiger partial charge in [0.15, 0.2) is 0 Å². The maximum atomic E-state index is 5.83. The first kappa shape index (κ1) is 8.02. The molecular formula is C8H17NO. The summed E-state index contributed by atoms with van der Waals surface area (Å²) >= 11 is 0. The molecule has 0 aromatic rings. The summed E-state index contributed by atoms with van der Waals surface area (Å²) in [6.45, 7) is 4.25. The maximum absolute atomic E-state index is 5.83. The summed E-state index contributed by atoms with van der Waals surface area (Å²) in [6, 6.07) is 0.279. The number of hydrogen-bond donors (Lipinski definition) is 1. The molecule has 3 atom stereocenters. The van der Waals surface area contributed by atoms with E-state index in [4.69, 9.17) is 10.5 Å². The van der Waals surface area contributed by atoms with Crippen LogP contribution in [0.15, 0.2) is 0 Å². The summed E-state index contributed by atoms with van der Waals surface area (Å²) in [5, 5.41) is 0. The molecular weight excluding hydrogens is 126 g/mol. The van der Waals surface area contributed by atoms with Crippen LogP contribution >= 0.6 is 0 Å². The van der Waals surface area contributed by atoms with Crippen LogP contribution in [0.25, 0.3) is 0 Å². The molecule has 2 N–H and O–H groups in total. The molecule has 0 saturated carbocycles. The van der Waals surface area contributed by atoms with Gasteiger partial charge < -0.3 is 10.5 Å². The van der Waals surface area contributed by atoms with Gasteiger partial charge in [0.25, 0.3) is 0 Å². The predicted molar refractivity (Wildman–Crippen MR) is 41.8 cm³/mol. The zero-order valence-corrected chi connectivity index (χ0v) is 6.84. The Morgan fingerprint density at radius 1 is 1.50 bits per heavy atom. The van der Waals surface area contributed by atoms with Crippen LogP contribution in [-0.2, 0) is 4.74 Å². The zero-order valence-electron chi connectivity index (χ0n) is 6.84. The van der Waals surface area contributed by atoms with Gasteiger partial charge in [-0.2, -0.15) is 0 Å². The van der Waals surface area contributed by atoms with Crippen molar-refractivity contribution in [2.24, 2.45) is 5.73 Å². The molecule has 2 nitrogen and oxygen atoms in total. The van der Waals surface area contributed by atoms with Crippen molar-refractivity contribution in [3.63, 3.8) is 0 Å². The molecule has 0 amide bonds. The van der Waals surface area contributed by atoms with Crippen molar-refractivity contribution >= 4 is 0 Å². The molecule has 1 rings (SSSR count). The van der Waals surface area contributed by atoms with E-state index in [-0.39, 0.29) is 6.04 Å². The Kier molecular flexibility index (Phi) is 2.69. The van der Waals surface area contributed by atoms with Crippen molar-refractivity contribution in [1.29, 1.82) is 0 Å². The van der Waals surface area contributed by atoms with E-state index in [9.17, 15) is 0 Å². The number of nitrogens with two attached hydrogens (primary N) is 1. The van der Waals surface area contributed by atoms with Crippen LogP contribution in [0.5, 0.6) is 0 Å². The molecule has 1 aliphatic rings. The molecule has 1 fully saturated rings. The number of rotatable bonds is 1. The van der Waals surface area contributed by atoms with Gasteiger partial charge in [-0.15, -0.1) is 0 Å². The molecule has 0 aromatic carbocycles. The van der Waals surface area contributed by atoms with Crippen LogP contribution in [-0.4, -0.2) is 18.2 Å². The van der Waals surface area contributed by atoms with Crippen LogP contribution in [0.3, 0.4) is 0 Å². The van der Waals surface area contributed by atoms with Crippen LogP contribution in [0, 0.1) is 0 Å². The quantitative estimate of drug-likeness (QED) is 0.600. The Morgan fingerprint density at radius 2 is 2.20 bits per heavy atom. The van der Waals surface area contributed by atoms with Gasteiger partial charge in [-0.3, -0.25) is 0 Å².